The van der Waals surface area contributed by atoms with Gasteiger partial charge in [-0.1, -0.05) is 78.9 Å². The molecule has 0 bridgehead atoms. The molecule has 5 aromatic rings. The van der Waals surface area contributed by atoms with Gasteiger partial charge in [0.05, 0.1) is 12.8 Å². The van der Waals surface area contributed by atoms with Gasteiger partial charge in [0.25, 0.3) is 5.91 Å². The number of ether oxygens (including phenoxy) is 1. The molecule has 1 aromatic heterocycles. The summed E-state index contributed by atoms with van der Waals surface area (Å²) in [6.45, 7) is 2.43. The Bertz CT molecular complexity index is 1570. The molecule has 5 rings (SSSR count). The van der Waals surface area contributed by atoms with Crippen LogP contribution in [0.5, 0.6) is 5.75 Å². The van der Waals surface area contributed by atoms with E-state index in [2.05, 4.69) is 39.9 Å². The minimum absolute atomic E-state index is 0.1000. The molecule has 0 aliphatic heterocycles. The van der Waals surface area contributed by atoms with Crippen molar-refractivity contribution in [3.63, 3.8) is 0 Å². The van der Waals surface area contributed by atoms with Crippen molar-refractivity contribution >= 4 is 22.4 Å². The van der Waals surface area contributed by atoms with Gasteiger partial charge in [-0.3, -0.25) is 4.79 Å². The van der Waals surface area contributed by atoms with Crippen LogP contribution in [0.15, 0.2) is 109 Å². The molecule has 0 fully saturated rings. The van der Waals surface area contributed by atoms with E-state index in [1.54, 1.807) is 18.4 Å². The Kier molecular flexibility index (Phi) is 9.41. The second-order valence-electron chi connectivity index (χ2n) is 9.78. The van der Waals surface area contributed by atoms with Gasteiger partial charge in [-0.25, -0.2) is 4.98 Å². The summed E-state index contributed by atoms with van der Waals surface area (Å²) in [4.78, 5) is 20.1. The number of thiazole rings is 1. The summed E-state index contributed by atoms with van der Waals surface area (Å²) >= 11 is 1.63. The highest BCUT2D eigenvalue weighted by atomic mass is 32.1. The van der Waals surface area contributed by atoms with E-state index in [-0.39, 0.29) is 5.91 Å². The Balaban J connectivity index is 1.29. The van der Waals surface area contributed by atoms with Gasteiger partial charge in [-0.2, -0.15) is 0 Å². The average Bonchev–Trinajstić information content (AvgIpc) is 3.53. The number of methoxy groups -OCH3 is 1. The SMILES string of the molecule is COc1ccccc1-c1csc(N(CCc2ccccc2)Cc2ccc(C(=O)NCc3cccc(CN)c3)cc2)n1. The number of nitrogens with zero attached hydrogens (tertiary/aromatic N) is 2. The van der Waals surface area contributed by atoms with Crippen molar-refractivity contribution in [1.82, 2.24) is 10.3 Å². The molecule has 0 aliphatic rings. The van der Waals surface area contributed by atoms with E-state index in [0.717, 1.165) is 51.8 Å². The molecule has 0 unspecified atom stereocenters. The normalized spacial score (nSPS) is 10.8. The van der Waals surface area contributed by atoms with Crippen molar-refractivity contribution in [2.75, 3.05) is 18.6 Å². The molecule has 4 aromatic carbocycles. The summed E-state index contributed by atoms with van der Waals surface area (Å²) in [7, 11) is 1.68. The number of rotatable bonds is 12. The molecule has 0 aliphatic carbocycles. The fourth-order valence-electron chi connectivity index (χ4n) is 4.67. The molecule has 0 saturated heterocycles. The zero-order chi connectivity index (χ0) is 28.4. The van der Waals surface area contributed by atoms with Crippen LogP contribution in [0.25, 0.3) is 11.3 Å². The third-order valence-corrected chi connectivity index (χ3v) is 7.83. The summed E-state index contributed by atoms with van der Waals surface area (Å²) < 4.78 is 5.57. The third kappa shape index (κ3) is 7.39. The molecular formula is C34H34N4O2S. The Morgan fingerprint density at radius 1 is 0.878 bits per heavy atom. The van der Waals surface area contributed by atoms with Crippen molar-refractivity contribution < 1.29 is 9.53 Å². The second kappa shape index (κ2) is 13.7. The van der Waals surface area contributed by atoms with Crippen LogP contribution in [-0.2, 0) is 26.1 Å². The lowest BCUT2D eigenvalue weighted by atomic mass is 10.1. The number of para-hydroxylation sites is 1. The van der Waals surface area contributed by atoms with Crippen molar-refractivity contribution in [3.8, 4) is 17.0 Å². The summed E-state index contributed by atoms with van der Waals surface area (Å²) in [6, 6.07) is 34.2. The van der Waals surface area contributed by atoms with E-state index in [1.807, 2.05) is 78.9 Å². The maximum atomic E-state index is 12.8. The highest BCUT2D eigenvalue weighted by Gasteiger charge is 2.16. The van der Waals surface area contributed by atoms with Gasteiger partial charge in [0.1, 0.15) is 5.75 Å². The fourth-order valence-corrected chi connectivity index (χ4v) is 5.53. The number of aromatic nitrogens is 1. The fraction of sp³-hybridized carbons (Fsp3) is 0.176. The number of hydrogen-bond acceptors (Lipinski definition) is 6. The van der Waals surface area contributed by atoms with E-state index in [1.165, 1.54) is 5.56 Å². The summed E-state index contributed by atoms with van der Waals surface area (Å²) in [5.41, 5.74) is 12.7. The monoisotopic (exact) mass is 562 g/mol. The number of carbonyl (C=O) groups excluding carboxylic acids is 1. The quantitative estimate of drug-likeness (QED) is 0.183. The maximum Gasteiger partial charge on any atom is 0.251 e. The number of nitrogens with one attached hydrogen (secondary N) is 1. The number of carbonyl (C=O) groups is 1. The molecule has 1 heterocycles. The van der Waals surface area contributed by atoms with Crippen molar-refractivity contribution in [2.45, 2.75) is 26.1 Å². The van der Waals surface area contributed by atoms with Crippen LogP contribution in [0.4, 0.5) is 5.13 Å². The van der Waals surface area contributed by atoms with Crippen LogP contribution in [-0.4, -0.2) is 24.5 Å². The van der Waals surface area contributed by atoms with Crippen LogP contribution in [0.2, 0.25) is 0 Å². The molecule has 3 N–H and O–H groups in total. The predicted molar refractivity (Wildman–Crippen MR) is 167 cm³/mol. The van der Waals surface area contributed by atoms with Gasteiger partial charge < -0.3 is 20.7 Å². The first-order chi connectivity index (χ1) is 20.1. The predicted octanol–water partition coefficient (Wildman–Crippen LogP) is 6.46. The molecule has 0 saturated carbocycles. The third-order valence-electron chi connectivity index (χ3n) is 6.93. The van der Waals surface area contributed by atoms with E-state index in [9.17, 15) is 4.79 Å². The smallest absolute Gasteiger partial charge is 0.251 e. The summed E-state index contributed by atoms with van der Waals surface area (Å²) in [5, 5.41) is 6.04. The Hall–Kier alpha value is -4.46. The van der Waals surface area contributed by atoms with Gasteiger partial charge in [0.15, 0.2) is 5.13 Å². The van der Waals surface area contributed by atoms with Crippen LogP contribution in [0.1, 0.15) is 32.6 Å². The van der Waals surface area contributed by atoms with Crippen molar-refractivity contribution in [2.24, 2.45) is 5.73 Å². The van der Waals surface area contributed by atoms with E-state index >= 15 is 0 Å². The van der Waals surface area contributed by atoms with E-state index in [0.29, 0.717) is 25.2 Å². The molecule has 0 radical (unpaired) electrons. The molecule has 7 heteroatoms. The number of benzene rings is 4. The van der Waals surface area contributed by atoms with Crippen LogP contribution >= 0.6 is 11.3 Å². The first-order valence-corrected chi connectivity index (χ1v) is 14.5. The average molecular weight is 563 g/mol. The van der Waals surface area contributed by atoms with Crippen LogP contribution in [0.3, 0.4) is 0 Å². The Morgan fingerprint density at radius 2 is 1.61 bits per heavy atom. The van der Waals surface area contributed by atoms with E-state index < -0.39 is 0 Å². The minimum atomic E-state index is -0.1000. The second-order valence-corrected chi connectivity index (χ2v) is 10.6. The summed E-state index contributed by atoms with van der Waals surface area (Å²) in [5.74, 6) is 0.707. The van der Waals surface area contributed by atoms with Gasteiger partial charge in [-0.05, 0) is 52.9 Å². The molecular weight excluding hydrogens is 528 g/mol. The highest BCUT2D eigenvalue weighted by molar-refractivity contribution is 7.14. The van der Waals surface area contributed by atoms with Crippen molar-refractivity contribution in [1.29, 1.82) is 0 Å². The molecule has 208 valence electrons. The van der Waals surface area contributed by atoms with Crippen LogP contribution < -0.4 is 20.7 Å². The Labute approximate surface area is 245 Å². The molecule has 6 nitrogen and oxygen atoms in total. The first-order valence-electron chi connectivity index (χ1n) is 13.7. The van der Waals surface area contributed by atoms with Gasteiger partial charge in [0, 0.05) is 42.7 Å². The van der Waals surface area contributed by atoms with Gasteiger partial charge in [-0.15, -0.1) is 11.3 Å². The number of amides is 1. The maximum absolute atomic E-state index is 12.8. The topological polar surface area (TPSA) is 80.5 Å². The first kappa shape index (κ1) is 28.1. The van der Waals surface area contributed by atoms with E-state index in [4.69, 9.17) is 15.5 Å². The number of hydrogen-bond donors (Lipinski definition) is 2. The molecule has 1 amide bonds. The number of anilines is 1. The Morgan fingerprint density at radius 3 is 2.39 bits per heavy atom. The lowest BCUT2D eigenvalue weighted by Gasteiger charge is -2.22. The van der Waals surface area contributed by atoms with Gasteiger partial charge in [0.2, 0.25) is 0 Å². The van der Waals surface area contributed by atoms with Gasteiger partial charge >= 0.3 is 0 Å². The molecule has 41 heavy (non-hydrogen) atoms. The zero-order valence-corrected chi connectivity index (χ0v) is 23.9. The molecule has 0 spiro atoms. The summed E-state index contributed by atoms with van der Waals surface area (Å²) in [6.07, 6.45) is 0.899. The lowest BCUT2D eigenvalue weighted by molar-refractivity contribution is 0.0951. The molecule has 0 atom stereocenters. The zero-order valence-electron chi connectivity index (χ0n) is 23.1. The lowest BCUT2D eigenvalue weighted by Crippen LogP contribution is -2.25. The number of nitrogens with two attached hydrogens (primary N) is 1. The standard InChI is InChI=1S/C34H34N4O2S/c1-40-32-13-6-5-12-30(32)31-24-41-34(37-31)38(19-18-25-8-3-2-4-9-25)23-26-14-16-29(17-15-26)33(39)36-22-28-11-7-10-27(20-28)21-35/h2-17,20,24H,18-19,21-23,35H2,1H3,(H,36,39). The highest BCUT2D eigenvalue weighted by Crippen LogP contribution is 2.33. The van der Waals surface area contributed by atoms with Crippen molar-refractivity contribution in [3.05, 3.63) is 136 Å². The minimum Gasteiger partial charge on any atom is -0.496 e. The van der Waals surface area contributed by atoms with Crippen LogP contribution in [0, 0.1) is 0 Å². The largest absolute Gasteiger partial charge is 0.496 e.